The second kappa shape index (κ2) is 6.02. The maximum atomic E-state index is 13.9. The summed E-state index contributed by atoms with van der Waals surface area (Å²) >= 11 is 0. The molecule has 1 saturated carbocycles. The smallest absolute Gasteiger partial charge is 0.126 e. The predicted molar refractivity (Wildman–Crippen MR) is 77.8 cm³/mol. The molecule has 3 heteroatoms. The van der Waals surface area contributed by atoms with Crippen LogP contribution in [0, 0.1) is 5.82 Å². The van der Waals surface area contributed by atoms with Gasteiger partial charge in [0.1, 0.15) is 5.82 Å². The molecule has 1 N–H and O–H groups in total. The van der Waals surface area contributed by atoms with Gasteiger partial charge in [-0.3, -0.25) is 0 Å². The Morgan fingerprint density at radius 3 is 2.42 bits per heavy atom. The van der Waals surface area contributed by atoms with Crippen molar-refractivity contribution in [2.24, 2.45) is 0 Å². The van der Waals surface area contributed by atoms with Crippen molar-refractivity contribution in [2.45, 2.75) is 43.7 Å². The van der Waals surface area contributed by atoms with Crippen LogP contribution in [-0.4, -0.2) is 37.6 Å². The van der Waals surface area contributed by atoms with E-state index >= 15 is 0 Å². The standard InChI is InChI=1S/C16H25FN2/c1-18-15(12-13-8-4-5-9-14(13)17)16(19(2)3)10-6-7-11-16/h4-5,8-9,15,18H,6-7,10-12H2,1-3H3. The predicted octanol–water partition coefficient (Wildman–Crippen LogP) is 2.83. The van der Waals surface area contributed by atoms with Gasteiger partial charge < -0.3 is 10.2 Å². The van der Waals surface area contributed by atoms with Gasteiger partial charge in [-0.15, -0.1) is 0 Å². The first kappa shape index (κ1) is 14.5. The van der Waals surface area contributed by atoms with Crippen LogP contribution in [0.3, 0.4) is 0 Å². The van der Waals surface area contributed by atoms with E-state index in [1.165, 1.54) is 25.7 Å². The van der Waals surface area contributed by atoms with Crippen LogP contribution in [0.2, 0.25) is 0 Å². The first-order chi connectivity index (χ1) is 9.10. The summed E-state index contributed by atoms with van der Waals surface area (Å²) in [5.74, 6) is -0.0883. The van der Waals surface area contributed by atoms with E-state index in [-0.39, 0.29) is 11.4 Å². The van der Waals surface area contributed by atoms with Crippen molar-refractivity contribution in [3.63, 3.8) is 0 Å². The van der Waals surface area contributed by atoms with Gasteiger partial charge >= 0.3 is 0 Å². The quantitative estimate of drug-likeness (QED) is 0.880. The highest BCUT2D eigenvalue weighted by molar-refractivity contribution is 5.20. The maximum Gasteiger partial charge on any atom is 0.126 e. The molecule has 1 aromatic carbocycles. The first-order valence-electron chi connectivity index (χ1n) is 7.18. The molecule has 0 aliphatic heterocycles. The number of hydrogen-bond donors (Lipinski definition) is 1. The fourth-order valence-corrected chi connectivity index (χ4v) is 3.54. The lowest BCUT2D eigenvalue weighted by Gasteiger charge is -2.43. The van der Waals surface area contributed by atoms with Crippen LogP contribution >= 0.6 is 0 Å². The van der Waals surface area contributed by atoms with Crippen molar-refractivity contribution in [2.75, 3.05) is 21.1 Å². The topological polar surface area (TPSA) is 15.3 Å². The van der Waals surface area contributed by atoms with Crippen LogP contribution in [0.5, 0.6) is 0 Å². The third-order valence-corrected chi connectivity index (χ3v) is 4.74. The zero-order chi connectivity index (χ0) is 13.9. The fourth-order valence-electron chi connectivity index (χ4n) is 3.54. The van der Waals surface area contributed by atoms with Gasteiger partial charge in [0.15, 0.2) is 0 Å². The Bertz CT molecular complexity index is 411. The number of halogens is 1. The fraction of sp³-hybridized carbons (Fsp3) is 0.625. The van der Waals surface area contributed by atoms with Crippen LogP contribution in [0.1, 0.15) is 31.2 Å². The Hall–Kier alpha value is -0.930. The van der Waals surface area contributed by atoms with E-state index in [0.717, 1.165) is 12.0 Å². The molecule has 0 spiro atoms. The summed E-state index contributed by atoms with van der Waals surface area (Å²) < 4.78 is 13.9. The Labute approximate surface area is 116 Å². The summed E-state index contributed by atoms with van der Waals surface area (Å²) in [4.78, 5) is 2.34. The van der Waals surface area contributed by atoms with Gasteiger partial charge in [-0.05, 0) is 52.0 Å². The molecule has 1 aliphatic rings. The lowest BCUT2D eigenvalue weighted by molar-refractivity contribution is 0.108. The molecule has 0 radical (unpaired) electrons. The Kier molecular flexibility index (Phi) is 4.58. The monoisotopic (exact) mass is 264 g/mol. The molecule has 1 aliphatic carbocycles. The van der Waals surface area contributed by atoms with Gasteiger partial charge in [-0.1, -0.05) is 31.0 Å². The van der Waals surface area contributed by atoms with Gasteiger partial charge in [0, 0.05) is 11.6 Å². The third-order valence-electron chi connectivity index (χ3n) is 4.74. The minimum atomic E-state index is -0.0883. The molecule has 1 atom stereocenters. The lowest BCUT2D eigenvalue weighted by Crippen LogP contribution is -2.57. The highest BCUT2D eigenvalue weighted by Crippen LogP contribution is 2.37. The molecule has 2 rings (SSSR count). The maximum absolute atomic E-state index is 13.9. The van der Waals surface area contributed by atoms with Crippen LogP contribution in [-0.2, 0) is 6.42 Å². The number of hydrogen-bond acceptors (Lipinski definition) is 2. The SMILES string of the molecule is CNC(Cc1ccccc1F)C1(N(C)C)CCCC1. The normalized spacial score (nSPS) is 19.8. The van der Waals surface area contributed by atoms with Crippen LogP contribution in [0.25, 0.3) is 0 Å². The molecule has 1 fully saturated rings. The molecule has 2 nitrogen and oxygen atoms in total. The van der Waals surface area contributed by atoms with E-state index in [4.69, 9.17) is 0 Å². The minimum absolute atomic E-state index is 0.0883. The number of rotatable bonds is 5. The third kappa shape index (κ3) is 2.82. The lowest BCUT2D eigenvalue weighted by atomic mass is 9.83. The van der Waals surface area contributed by atoms with Crippen LogP contribution in [0.4, 0.5) is 4.39 Å². The molecule has 0 aromatic heterocycles. The molecule has 0 bridgehead atoms. The van der Waals surface area contributed by atoms with Crippen molar-refractivity contribution < 1.29 is 4.39 Å². The van der Waals surface area contributed by atoms with Gasteiger partial charge in [0.05, 0.1) is 0 Å². The summed E-state index contributed by atoms with van der Waals surface area (Å²) in [5.41, 5.74) is 0.979. The molecule has 106 valence electrons. The summed E-state index contributed by atoms with van der Waals surface area (Å²) in [5, 5.41) is 3.43. The van der Waals surface area contributed by atoms with Crippen molar-refractivity contribution >= 4 is 0 Å². The van der Waals surface area contributed by atoms with Crippen LogP contribution < -0.4 is 5.32 Å². The molecule has 1 aromatic rings. The minimum Gasteiger partial charge on any atom is -0.315 e. The van der Waals surface area contributed by atoms with Crippen LogP contribution in [0.15, 0.2) is 24.3 Å². The van der Waals surface area contributed by atoms with Gasteiger partial charge in [0.2, 0.25) is 0 Å². The van der Waals surface area contributed by atoms with Crippen molar-refractivity contribution in [1.29, 1.82) is 0 Å². The molecule has 0 amide bonds. The van der Waals surface area contributed by atoms with E-state index in [1.54, 1.807) is 12.1 Å². The molecular formula is C16H25FN2. The molecular weight excluding hydrogens is 239 g/mol. The van der Waals surface area contributed by atoms with Gasteiger partial charge in [-0.25, -0.2) is 4.39 Å². The van der Waals surface area contributed by atoms with Gasteiger partial charge in [-0.2, -0.15) is 0 Å². The highest BCUT2D eigenvalue weighted by Gasteiger charge is 2.42. The zero-order valence-electron chi connectivity index (χ0n) is 12.2. The molecule has 19 heavy (non-hydrogen) atoms. The van der Waals surface area contributed by atoms with Crippen molar-refractivity contribution in [3.05, 3.63) is 35.6 Å². The second-order valence-electron chi connectivity index (χ2n) is 5.84. The largest absolute Gasteiger partial charge is 0.315 e. The molecule has 1 unspecified atom stereocenters. The molecule has 0 heterocycles. The van der Waals surface area contributed by atoms with Crippen molar-refractivity contribution in [1.82, 2.24) is 10.2 Å². The summed E-state index contributed by atoms with van der Waals surface area (Å²) in [6, 6.07) is 7.42. The average molecular weight is 264 g/mol. The van der Waals surface area contributed by atoms with E-state index in [1.807, 2.05) is 19.2 Å². The Balaban J connectivity index is 2.22. The van der Waals surface area contributed by atoms with E-state index in [0.29, 0.717) is 6.04 Å². The first-order valence-corrected chi connectivity index (χ1v) is 7.18. The Morgan fingerprint density at radius 2 is 1.89 bits per heavy atom. The second-order valence-corrected chi connectivity index (χ2v) is 5.84. The van der Waals surface area contributed by atoms with E-state index in [9.17, 15) is 4.39 Å². The molecule has 0 saturated heterocycles. The summed E-state index contributed by atoms with van der Waals surface area (Å²) in [7, 11) is 6.29. The number of likely N-dealkylation sites (N-methyl/N-ethyl adjacent to an activating group) is 2. The summed E-state index contributed by atoms with van der Waals surface area (Å²) in [6.45, 7) is 0. The zero-order valence-corrected chi connectivity index (χ0v) is 12.2. The number of nitrogens with one attached hydrogen (secondary N) is 1. The number of nitrogens with zero attached hydrogens (tertiary/aromatic N) is 1. The summed E-state index contributed by atoms with van der Waals surface area (Å²) in [6.07, 6.45) is 5.68. The van der Waals surface area contributed by atoms with E-state index in [2.05, 4.69) is 24.3 Å². The Morgan fingerprint density at radius 1 is 1.26 bits per heavy atom. The highest BCUT2D eigenvalue weighted by atomic mass is 19.1. The number of benzene rings is 1. The average Bonchev–Trinajstić information content (AvgIpc) is 2.88. The van der Waals surface area contributed by atoms with Gasteiger partial charge in [0.25, 0.3) is 0 Å². The van der Waals surface area contributed by atoms with Crippen molar-refractivity contribution in [3.8, 4) is 0 Å². The van der Waals surface area contributed by atoms with E-state index < -0.39 is 0 Å².